The van der Waals surface area contributed by atoms with E-state index >= 15 is 0 Å². The minimum Gasteiger partial charge on any atom is -0.372 e. The summed E-state index contributed by atoms with van der Waals surface area (Å²) < 4.78 is 27.0. The Labute approximate surface area is 159 Å². The van der Waals surface area contributed by atoms with Gasteiger partial charge in [-0.05, 0) is 74.2 Å². The molecular weight excluding hydrogens is 362 g/mol. The Morgan fingerprint density at radius 2 is 1.56 bits per heavy atom. The number of benzene rings is 2. The van der Waals surface area contributed by atoms with Crippen molar-refractivity contribution in [2.45, 2.75) is 36.6 Å². The molecule has 2 aliphatic rings. The van der Waals surface area contributed by atoms with Crippen LogP contribution >= 0.6 is 0 Å². The molecule has 0 aromatic heterocycles. The van der Waals surface area contributed by atoms with E-state index in [9.17, 15) is 13.2 Å². The molecule has 2 aromatic carbocycles. The molecule has 27 heavy (non-hydrogen) atoms. The SMILES string of the molecule is O=C(Nc1ccc(N2CCCC2)cc1)c1ccc(S(=O)(=O)NC2CC2)cc1. The molecular formula is C20H23N3O3S. The standard InChI is InChI=1S/C20H23N3O3S/c24-20(21-16-7-9-18(10-8-16)23-13-1-2-14-23)15-3-11-19(12-4-15)27(25,26)22-17-5-6-17/h3-4,7-12,17,22H,1-2,5-6,13-14H2,(H,21,24). The van der Waals surface area contributed by atoms with Gasteiger partial charge in [0.05, 0.1) is 4.90 Å². The minimum atomic E-state index is -3.50. The zero-order valence-corrected chi connectivity index (χ0v) is 15.8. The van der Waals surface area contributed by atoms with Crippen LogP contribution in [-0.2, 0) is 10.0 Å². The summed E-state index contributed by atoms with van der Waals surface area (Å²) in [6, 6.07) is 13.9. The van der Waals surface area contributed by atoms with Crippen LogP contribution in [0.15, 0.2) is 53.4 Å². The topological polar surface area (TPSA) is 78.5 Å². The van der Waals surface area contributed by atoms with Crippen molar-refractivity contribution in [1.29, 1.82) is 0 Å². The highest BCUT2D eigenvalue weighted by atomic mass is 32.2. The number of amides is 1. The molecule has 2 N–H and O–H groups in total. The van der Waals surface area contributed by atoms with Crippen molar-refractivity contribution in [3.63, 3.8) is 0 Å². The number of hydrogen-bond donors (Lipinski definition) is 2. The summed E-state index contributed by atoms with van der Waals surface area (Å²) >= 11 is 0. The predicted octanol–water partition coefficient (Wildman–Crippen LogP) is 2.98. The van der Waals surface area contributed by atoms with Gasteiger partial charge in [0.2, 0.25) is 10.0 Å². The molecule has 7 heteroatoms. The van der Waals surface area contributed by atoms with E-state index in [1.807, 2.05) is 24.3 Å². The summed E-state index contributed by atoms with van der Waals surface area (Å²) in [5, 5.41) is 2.85. The molecule has 0 bridgehead atoms. The van der Waals surface area contributed by atoms with Gasteiger partial charge in [-0.2, -0.15) is 0 Å². The second-order valence-electron chi connectivity index (χ2n) is 7.12. The van der Waals surface area contributed by atoms with Crippen LogP contribution in [0.2, 0.25) is 0 Å². The van der Waals surface area contributed by atoms with Crippen molar-refractivity contribution in [2.75, 3.05) is 23.3 Å². The van der Waals surface area contributed by atoms with Gasteiger partial charge in [-0.3, -0.25) is 4.79 Å². The lowest BCUT2D eigenvalue weighted by molar-refractivity contribution is 0.102. The normalized spacial score (nSPS) is 17.1. The Hall–Kier alpha value is -2.38. The average Bonchev–Trinajstić information content (AvgIpc) is 3.30. The molecule has 6 nitrogen and oxygen atoms in total. The number of carbonyl (C=O) groups is 1. The Morgan fingerprint density at radius 3 is 2.15 bits per heavy atom. The molecule has 0 unspecified atom stereocenters. The fourth-order valence-electron chi connectivity index (χ4n) is 3.21. The van der Waals surface area contributed by atoms with Crippen molar-refractivity contribution >= 4 is 27.3 Å². The minimum absolute atomic E-state index is 0.0570. The van der Waals surface area contributed by atoms with Crippen molar-refractivity contribution in [3.05, 3.63) is 54.1 Å². The molecule has 0 spiro atoms. The van der Waals surface area contributed by atoms with Crippen LogP contribution in [0.3, 0.4) is 0 Å². The molecule has 1 aliphatic heterocycles. The predicted molar refractivity (Wildman–Crippen MR) is 106 cm³/mol. The van der Waals surface area contributed by atoms with E-state index in [4.69, 9.17) is 0 Å². The largest absolute Gasteiger partial charge is 0.372 e. The Balaban J connectivity index is 1.40. The first-order valence-corrected chi connectivity index (χ1v) is 10.8. The number of carbonyl (C=O) groups excluding carboxylic acids is 1. The van der Waals surface area contributed by atoms with Crippen LogP contribution in [0.25, 0.3) is 0 Å². The summed E-state index contributed by atoms with van der Waals surface area (Å²) in [7, 11) is -3.50. The third kappa shape index (κ3) is 4.31. The number of nitrogens with zero attached hydrogens (tertiary/aromatic N) is 1. The maximum atomic E-state index is 12.4. The molecule has 1 saturated carbocycles. The van der Waals surface area contributed by atoms with Crippen LogP contribution in [0.1, 0.15) is 36.0 Å². The van der Waals surface area contributed by atoms with Gasteiger partial charge in [-0.15, -0.1) is 0 Å². The van der Waals surface area contributed by atoms with Gasteiger partial charge in [0.15, 0.2) is 0 Å². The molecule has 1 amide bonds. The molecule has 4 rings (SSSR count). The fraction of sp³-hybridized carbons (Fsp3) is 0.350. The quantitative estimate of drug-likeness (QED) is 0.801. The number of rotatable bonds is 6. The highest BCUT2D eigenvalue weighted by molar-refractivity contribution is 7.89. The first kappa shape index (κ1) is 18.0. The van der Waals surface area contributed by atoms with Gasteiger partial charge in [-0.25, -0.2) is 13.1 Å². The van der Waals surface area contributed by atoms with Crippen molar-refractivity contribution in [3.8, 4) is 0 Å². The summed E-state index contributed by atoms with van der Waals surface area (Å²) in [5.41, 5.74) is 2.31. The summed E-state index contributed by atoms with van der Waals surface area (Å²) in [4.78, 5) is 14.9. The van der Waals surface area contributed by atoms with Crippen LogP contribution in [0.4, 0.5) is 11.4 Å². The fourth-order valence-corrected chi connectivity index (χ4v) is 4.51. The van der Waals surface area contributed by atoms with E-state index in [2.05, 4.69) is 14.9 Å². The van der Waals surface area contributed by atoms with E-state index < -0.39 is 10.0 Å². The van der Waals surface area contributed by atoms with Crippen LogP contribution in [0, 0.1) is 0 Å². The highest BCUT2D eigenvalue weighted by Crippen LogP contribution is 2.23. The molecule has 1 saturated heterocycles. The van der Waals surface area contributed by atoms with Crippen molar-refractivity contribution < 1.29 is 13.2 Å². The third-order valence-corrected chi connectivity index (χ3v) is 6.46. The molecule has 1 heterocycles. The maximum Gasteiger partial charge on any atom is 0.255 e. The van der Waals surface area contributed by atoms with Crippen molar-refractivity contribution in [2.24, 2.45) is 0 Å². The lowest BCUT2D eigenvalue weighted by Crippen LogP contribution is -2.25. The molecule has 0 atom stereocenters. The smallest absolute Gasteiger partial charge is 0.255 e. The number of anilines is 2. The lowest BCUT2D eigenvalue weighted by Gasteiger charge is -2.17. The zero-order chi connectivity index (χ0) is 18.9. The van der Waals surface area contributed by atoms with E-state index in [1.165, 1.54) is 42.8 Å². The van der Waals surface area contributed by atoms with Gasteiger partial charge in [0.25, 0.3) is 5.91 Å². The zero-order valence-electron chi connectivity index (χ0n) is 15.0. The highest BCUT2D eigenvalue weighted by Gasteiger charge is 2.28. The van der Waals surface area contributed by atoms with E-state index in [1.54, 1.807) is 0 Å². The molecule has 2 fully saturated rings. The van der Waals surface area contributed by atoms with Crippen LogP contribution in [-0.4, -0.2) is 33.5 Å². The number of nitrogens with one attached hydrogen (secondary N) is 2. The summed E-state index contributed by atoms with van der Waals surface area (Å²) in [6.45, 7) is 2.16. The van der Waals surface area contributed by atoms with E-state index in [-0.39, 0.29) is 16.8 Å². The van der Waals surface area contributed by atoms with Gasteiger partial charge in [0.1, 0.15) is 0 Å². The maximum absolute atomic E-state index is 12.4. The van der Waals surface area contributed by atoms with Gasteiger partial charge >= 0.3 is 0 Å². The van der Waals surface area contributed by atoms with Gasteiger partial charge in [-0.1, -0.05) is 0 Å². The molecule has 142 valence electrons. The summed E-state index contributed by atoms with van der Waals surface area (Å²) in [5.74, 6) is -0.261. The van der Waals surface area contributed by atoms with E-state index in [0.29, 0.717) is 5.56 Å². The Morgan fingerprint density at radius 1 is 0.926 bits per heavy atom. The van der Waals surface area contributed by atoms with Crippen LogP contribution in [0.5, 0.6) is 0 Å². The molecule has 1 aliphatic carbocycles. The second-order valence-corrected chi connectivity index (χ2v) is 8.83. The first-order chi connectivity index (χ1) is 13.0. The third-order valence-electron chi connectivity index (χ3n) is 4.92. The molecule has 0 radical (unpaired) electrons. The van der Waals surface area contributed by atoms with E-state index in [0.717, 1.165) is 31.6 Å². The number of sulfonamides is 1. The van der Waals surface area contributed by atoms with Gasteiger partial charge < -0.3 is 10.2 Å². The second kappa shape index (κ2) is 7.32. The average molecular weight is 385 g/mol. The summed E-state index contributed by atoms with van der Waals surface area (Å²) in [6.07, 6.45) is 4.22. The Kier molecular flexibility index (Phi) is 4.88. The van der Waals surface area contributed by atoms with Crippen LogP contribution < -0.4 is 14.9 Å². The first-order valence-electron chi connectivity index (χ1n) is 9.30. The lowest BCUT2D eigenvalue weighted by atomic mass is 10.2. The van der Waals surface area contributed by atoms with Crippen molar-refractivity contribution in [1.82, 2.24) is 4.72 Å². The monoisotopic (exact) mass is 385 g/mol. The molecule has 2 aromatic rings. The Bertz CT molecular complexity index is 914. The number of hydrogen-bond acceptors (Lipinski definition) is 4. The van der Waals surface area contributed by atoms with Gasteiger partial charge in [0, 0.05) is 36.1 Å².